The molecule has 4 aromatic rings. The standard InChI is InChI=1S/C25H20N4O3S2/c30-25(29-15-5-8-20(29)24-27-19-7-2-3-9-21(19)33-24)16-11-13-17(14-12-16)26-23-18-6-1-4-10-22(18)34(31,32)28-23/h1-4,6-7,9-14,20H,5,8,15H2,(H,26,28). The Morgan fingerprint density at radius 3 is 2.59 bits per heavy atom. The number of anilines is 1. The van der Waals surface area contributed by atoms with E-state index in [9.17, 15) is 13.2 Å². The molecule has 0 bridgehead atoms. The Morgan fingerprint density at radius 1 is 1.00 bits per heavy atom. The number of nitrogens with zero attached hydrogens (tertiary/aromatic N) is 3. The van der Waals surface area contributed by atoms with Crippen molar-refractivity contribution < 1.29 is 13.2 Å². The molecule has 34 heavy (non-hydrogen) atoms. The van der Waals surface area contributed by atoms with Crippen LogP contribution in [0.3, 0.4) is 0 Å². The van der Waals surface area contributed by atoms with E-state index in [1.54, 1.807) is 59.9 Å². The van der Waals surface area contributed by atoms with Gasteiger partial charge in [-0.15, -0.1) is 15.7 Å². The van der Waals surface area contributed by atoms with Crippen molar-refractivity contribution >= 4 is 49.0 Å². The lowest BCUT2D eigenvalue weighted by molar-refractivity contribution is 0.0735. The van der Waals surface area contributed by atoms with E-state index in [-0.39, 0.29) is 22.7 Å². The number of thiazole rings is 1. The second-order valence-corrected chi connectivity index (χ2v) is 10.9. The molecular weight excluding hydrogens is 468 g/mol. The summed E-state index contributed by atoms with van der Waals surface area (Å²) >= 11 is 1.65. The molecule has 2 aliphatic rings. The van der Waals surface area contributed by atoms with Gasteiger partial charge >= 0.3 is 0 Å². The van der Waals surface area contributed by atoms with Crippen LogP contribution in [0, 0.1) is 0 Å². The first-order valence-electron chi connectivity index (χ1n) is 11.0. The summed E-state index contributed by atoms with van der Waals surface area (Å²) in [6.45, 7) is 0.699. The Hall–Kier alpha value is -3.56. The summed E-state index contributed by atoms with van der Waals surface area (Å²) in [5.41, 5.74) is 2.75. The predicted octanol–water partition coefficient (Wildman–Crippen LogP) is 4.83. The molecule has 0 radical (unpaired) electrons. The van der Waals surface area contributed by atoms with Crippen molar-refractivity contribution in [2.24, 2.45) is 4.40 Å². The molecule has 1 fully saturated rings. The fraction of sp³-hybridized carbons (Fsp3) is 0.160. The molecule has 1 amide bonds. The third-order valence-electron chi connectivity index (χ3n) is 6.14. The molecule has 1 unspecified atom stereocenters. The van der Waals surface area contributed by atoms with Gasteiger partial charge < -0.3 is 10.2 Å². The van der Waals surface area contributed by atoms with Crippen molar-refractivity contribution in [3.8, 4) is 0 Å². The lowest BCUT2D eigenvalue weighted by atomic mass is 10.1. The summed E-state index contributed by atoms with van der Waals surface area (Å²) in [6, 6.07) is 21.8. The molecule has 0 saturated carbocycles. The number of sulfonamides is 1. The van der Waals surface area contributed by atoms with E-state index in [4.69, 9.17) is 4.98 Å². The van der Waals surface area contributed by atoms with Gasteiger partial charge in [-0.1, -0.05) is 24.3 Å². The molecule has 1 aromatic heterocycles. The van der Waals surface area contributed by atoms with Crippen molar-refractivity contribution in [3.05, 3.63) is 88.9 Å². The Bertz CT molecular complexity index is 1530. The van der Waals surface area contributed by atoms with E-state index in [0.29, 0.717) is 23.4 Å². The molecule has 1 N–H and O–H groups in total. The van der Waals surface area contributed by atoms with Crippen LogP contribution in [0.1, 0.15) is 39.8 Å². The molecule has 9 heteroatoms. The third kappa shape index (κ3) is 3.57. The van der Waals surface area contributed by atoms with Gasteiger partial charge in [0.15, 0.2) is 5.84 Å². The lowest BCUT2D eigenvalue weighted by Crippen LogP contribution is -2.30. The molecule has 7 nitrogen and oxygen atoms in total. The van der Waals surface area contributed by atoms with Crippen molar-refractivity contribution in [1.82, 2.24) is 9.88 Å². The molecule has 0 aliphatic carbocycles. The van der Waals surface area contributed by atoms with Crippen molar-refractivity contribution in [3.63, 3.8) is 0 Å². The zero-order valence-corrected chi connectivity index (χ0v) is 19.6. The Balaban J connectivity index is 1.22. The average molecular weight is 489 g/mol. The lowest BCUT2D eigenvalue weighted by Gasteiger charge is -2.23. The monoisotopic (exact) mass is 488 g/mol. The summed E-state index contributed by atoms with van der Waals surface area (Å²) in [6.07, 6.45) is 1.85. The normalized spacial score (nSPS) is 18.6. The number of carbonyl (C=O) groups excluding carboxylic acids is 1. The zero-order valence-electron chi connectivity index (χ0n) is 18.0. The number of carbonyl (C=O) groups is 1. The summed E-state index contributed by atoms with van der Waals surface area (Å²) in [5, 5.41) is 4.05. The summed E-state index contributed by atoms with van der Waals surface area (Å²) in [4.78, 5) is 20.2. The van der Waals surface area contributed by atoms with Gasteiger partial charge in [0.1, 0.15) is 9.90 Å². The van der Waals surface area contributed by atoms with Gasteiger partial charge in [-0.25, -0.2) is 4.98 Å². The number of hydrogen-bond donors (Lipinski definition) is 1. The molecule has 3 heterocycles. The molecular formula is C25H20N4O3S2. The maximum atomic E-state index is 13.3. The molecule has 2 aliphatic heterocycles. The van der Waals surface area contributed by atoms with Gasteiger partial charge in [-0.3, -0.25) is 4.79 Å². The highest BCUT2D eigenvalue weighted by Gasteiger charge is 2.33. The molecule has 6 rings (SSSR count). The Labute approximate surface area is 200 Å². The first kappa shape index (κ1) is 21.0. The molecule has 1 saturated heterocycles. The Morgan fingerprint density at radius 2 is 1.76 bits per heavy atom. The van der Waals surface area contributed by atoms with Gasteiger partial charge in [-0.2, -0.15) is 8.42 Å². The highest BCUT2D eigenvalue weighted by Crippen LogP contribution is 2.37. The number of rotatable bonds is 3. The topological polar surface area (TPSA) is 91.7 Å². The van der Waals surface area contributed by atoms with Crippen LogP contribution >= 0.6 is 11.3 Å². The van der Waals surface area contributed by atoms with E-state index in [0.717, 1.165) is 28.1 Å². The minimum absolute atomic E-state index is 0.0164. The first-order valence-corrected chi connectivity index (χ1v) is 13.2. The van der Waals surface area contributed by atoms with Crippen LogP contribution in [0.4, 0.5) is 5.69 Å². The maximum absolute atomic E-state index is 13.3. The van der Waals surface area contributed by atoms with E-state index in [2.05, 4.69) is 15.8 Å². The highest BCUT2D eigenvalue weighted by atomic mass is 32.2. The number of aromatic nitrogens is 1. The number of para-hydroxylation sites is 1. The number of benzene rings is 3. The molecule has 1 atom stereocenters. The first-order chi connectivity index (χ1) is 16.5. The number of fused-ring (bicyclic) bond motifs is 2. The third-order valence-corrected chi connectivity index (χ3v) is 8.61. The van der Waals surface area contributed by atoms with Crippen LogP contribution in [0.5, 0.6) is 0 Å². The van der Waals surface area contributed by atoms with Crippen LogP contribution in [0.25, 0.3) is 10.2 Å². The van der Waals surface area contributed by atoms with Gasteiger partial charge in [0.2, 0.25) is 0 Å². The number of amidine groups is 1. The average Bonchev–Trinajstić information content (AvgIpc) is 3.55. The largest absolute Gasteiger partial charge is 0.339 e. The maximum Gasteiger partial charge on any atom is 0.285 e. The highest BCUT2D eigenvalue weighted by molar-refractivity contribution is 7.90. The van der Waals surface area contributed by atoms with Gasteiger partial charge in [-0.05, 0) is 61.4 Å². The molecule has 0 spiro atoms. The SMILES string of the molecule is O=C(c1ccc(NC2=NS(=O)(=O)c3ccccc32)cc1)N1CCCC1c1nc2ccccc2s1. The predicted molar refractivity (Wildman–Crippen MR) is 133 cm³/mol. The Kier molecular flexibility index (Phi) is 4.96. The fourth-order valence-corrected chi connectivity index (χ4v) is 6.78. The van der Waals surface area contributed by atoms with E-state index >= 15 is 0 Å². The second-order valence-electron chi connectivity index (χ2n) is 8.29. The van der Waals surface area contributed by atoms with Crippen LogP contribution in [-0.2, 0) is 10.0 Å². The van der Waals surface area contributed by atoms with Crippen molar-refractivity contribution in [1.29, 1.82) is 0 Å². The van der Waals surface area contributed by atoms with Gasteiger partial charge in [0, 0.05) is 23.4 Å². The van der Waals surface area contributed by atoms with Crippen LogP contribution in [0.15, 0.2) is 82.1 Å². The molecule has 3 aromatic carbocycles. The number of hydrogen-bond acceptors (Lipinski definition) is 6. The number of amides is 1. The van der Waals surface area contributed by atoms with Crippen molar-refractivity contribution in [2.75, 3.05) is 11.9 Å². The minimum Gasteiger partial charge on any atom is -0.339 e. The quantitative estimate of drug-likeness (QED) is 0.446. The van der Waals surface area contributed by atoms with Crippen LogP contribution in [-0.4, -0.2) is 36.6 Å². The van der Waals surface area contributed by atoms with Crippen LogP contribution in [0.2, 0.25) is 0 Å². The van der Waals surface area contributed by atoms with E-state index in [1.807, 2.05) is 23.1 Å². The van der Waals surface area contributed by atoms with E-state index < -0.39 is 10.0 Å². The van der Waals surface area contributed by atoms with Crippen LogP contribution < -0.4 is 5.32 Å². The smallest absolute Gasteiger partial charge is 0.285 e. The zero-order chi connectivity index (χ0) is 23.3. The van der Waals surface area contributed by atoms with E-state index in [1.165, 1.54) is 0 Å². The summed E-state index contributed by atoms with van der Waals surface area (Å²) < 4.78 is 29.5. The summed E-state index contributed by atoms with van der Waals surface area (Å²) in [7, 11) is -3.69. The second kappa shape index (κ2) is 8.03. The molecule has 170 valence electrons. The van der Waals surface area contributed by atoms with Crippen molar-refractivity contribution in [2.45, 2.75) is 23.8 Å². The van der Waals surface area contributed by atoms with Gasteiger partial charge in [0.25, 0.3) is 15.9 Å². The number of likely N-dealkylation sites (tertiary alicyclic amines) is 1. The fourth-order valence-electron chi connectivity index (χ4n) is 4.49. The number of nitrogens with one attached hydrogen (secondary N) is 1. The minimum atomic E-state index is -3.69. The summed E-state index contributed by atoms with van der Waals surface area (Å²) in [5.74, 6) is 0.254. The van der Waals surface area contributed by atoms with Gasteiger partial charge in [0.05, 0.1) is 16.3 Å².